The number of thioether (sulfide) groups is 1. The number of amides is 1. The Hall–Kier alpha value is -1.49. The molecule has 0 saturated carbocycles. The lowest BCUT2D eigenvalue weighted by Crippen LogP contribution is -2.32. The summed E-state index contributed by atoms with van der Waals surface area (Å²) in [5, 5.41) is 11.3. The number of rotatable bonds is 8. The number of carbonyl (C=O) groups excluding carboxylic acids is 1. The first-order chi connectivity index (χ1) is 9.49. The summed E-state index contributed by atoms with van der Waals surface area (Å²) in [6, 6.07) is 8.18. The molecule has 0 aliphatic heterocycles. The molecule has 0 bridgehead atoms. The van der Waals surface area contributed by atoms with Crippen molar-refractivity contribution < 1.29 is 14.7 Å². The van der Waals surface area contributed by atoms with Gasteiger partial charge in [-0.05, 0) is 18.9 Å². The number of hydrogen-bond donors (Lipinski definition) is 2. The first kappa shape index (κ1) is 16.6. The Balaban J connectivity index is 2.25. The van der Waals surface area contributed by atoms with E-state index in [0.717, 1.165) is 5.56 Å². The first-order valence-electron chi connectivity index (χ1n) is 6.62. The Kier molecular flexibility index (Phi) is 7.15. The highest BCUT2D eigenvalue weighted by Crippen LogP contribution is 2.10. The van der Waals surface area contributed by atoms with Crippen LogP contribution in [0, 0.1) is 12.8 Å². The molecule has 0 radical (unpaired) electrons. The maximum absolute atomic E-state index is 11.9. The van der Waals surface area contributed by atoms with E-state index < -0.39 is 5.97 Å². The van der Waals surface area contributed by atoms with Gasteiger partial charge in [0.2, 0.25) is 5.91 Å². The summed E-state index contributed by atoms with van der Waals surface area (Å²) >= 11 is 1.31. The second kappa shape index (κ2) is 8.64. The monoisotopic (exact) mass is 295 g/mol. The molecule has 0 fully saturated rings. The van der Waals surface area contributed by atoms with Crippen LogP contribution in [0.5, 0.6) is 0 Å². The summed E-state index contributed by atoms with van der Waals surface area (Å²) < 4.78 is 0. The molecule has 0 heterocycles. The largest absolute Gasteiger partial charge is 0.481 e. The minimum Gasteiger partial charge on any atom is -0.481 e. The van der Waals surface area contributed by atoms with Crippen molar-refractivity contribution in [1.82, 2.24) is 5.32 Å². The van der Waals surface area contributed by atoms with Crippen molar-refractivity contribution in [1.29, 1.82) is 0 Å². The standard InChI is InChI=1S/C15H21NO3S/c1-11-3-5-13(6-4-11)9-12(2)15(19)16-7-8-20-10-14(17)18/h3-6,12H,7-10H2,1-2H3,(H,16,19)(H,17,18). The van der Waals surface area contributed by atoms with Gasteiger partial charge in [0.25, 0.3) is 0 Å². The van der Waals surface area contributed by atoms with Gasteiger partial charge in [-0.15, -0.1) is 11.8 Å². The number of carboxylic acid groups (broad SMARTS) is 1. The average molecular weight is 295 g/mol. The fourth-order valence-corrected chi connectivity index (χ4v) is 2.32. The molecule has 1 atom stereocenters. The maximum atomic E-state index is 11.9. The van der Waals surface area contributed by atoms with E-state index in [1.807, 2.05) is 38.1 Å². The van der Waals surface area contributed by atoms with Crippen LogP contribution in [-0.4, -0.2) is 35.0 Å². The molecule has 0 aromatic heterocycles. The zero-order chi connectivity index (χ0) is 15.0. The second-order valence-electron chi connectivity index (χ2n) is 4.83. The van der Waals surface area contributed by atoms with Crippen LogP contribution in [0.25, 0.3) is 0 Å². The Labute approximate surface area is 124 Å². The topological polar surface area (TPSA) is 66.4 Å². The first-order valence-corrected chi connectivity index (χ1v) is 7.77. The van der Waals surface area contributed by atoms with Gasteiger partial charge >= 0.3 is 5.97 Å². The highest BCUT2D eigenvalue weighted by molar-refractivity contribution is 7.99. The molecule has 20 heavy (non-hydrogen) atoms. The van der Waals surface area contributed by atoms with Gasteiger partial charge in [0.05, 0.1) is 5.75 Å². The van der Waals surface area contributed by atoms with E-state index in [-0.39, 0.29) is 17.6 Å². The van der Waals surface area contributed by atoms with Gasteiger partial charge < -0.3 is 10.4 Å². The molecule has 1 rings (SSSR count). The average Bonchev–Trinajstić information content (AvgIpc) is 2.40. The molecule has 1 unspecified atom stereocenters. The lowest BCUT2D eigenvalue weighted by molar-refractivity contribution is -0.133. The molecule has 1 aromatic carbocycles. The minimum atomic E-state index is -0.825. The predicted molar refractivity (Wildman–Crippen MR) is 82.0 cm³/mol. The van der Waals surface area contributed by atoms with Gasteiger partial charge in [-0.25, -0.2) is 0 Å². The van der Waals surface area contributed by atoms with Crippen LogP contribution in [-0.2, 0) is 16.0 Å². The van der Waals surface area contributed by atoms with Gasteiger partial charge in [-0.3, -0.25) is 9.59 Å². The summed E-state index contributed by atoms with van der Waals surface area (Å²) in [4.78, 5) is 22.2. The maximum Gasteiger partial charge on any atom is 0.313 e. The quantitative estimate of drug-likeness (QED) is 0.721. The van der Waals surface area contributed by atoms with Gasteiger partial charge in [0.1, 0.15) is 0 Å². The molecule has 4 nitrogen and oxygen atoms in total. The van der Waals surface area contributed by atoms with E-state index >= 15 is 0 Å². The summed E-state index contributed by atoms with van der Waals surface area (Å²) in [7, 11) is 0. The Morgan fingerprint density at radius 3 is 2.55 bits per heavy atom. The van der Waals surface area contributed by atoms with Gasteiger partial charge in [-0.2, -0.15) is 0 Å². The number of aryl methyl sites for hydroxylation is 1. The molecule has 0 aliphatic rings. The third kappa shape index (κ3) is 6.61. The number of aliphatic carboxylic acids is 1. The third-order valence-corrected chi connectivity index (χ3v) is 3.83. The molecule has 1 aromatic rings. The van der Waals surface area contributed by atoms with Gasteiger partial charge in [0.15, 0.2) is 0 Å². The third-order valence-electron chi connectivity index (χ3n) is 2.88. The van der Waals surface area contributed by atoms with Crippen LogP contribution in [0.4, 0.5) is 0 Å². The number of carboxylic acids is 1. The minimum absolute atomic E-state index is 0.0153. The lowest BCUT2D eigenvalue weighted by Gasteiger charge is -2.12. The Morgan fingerprint density at radius 1 is 1.30 bits per heavy atom. The number of benzene rings is 1. The van der Waals surface area contributed by atoms with E-state index in [9.17, 15) is 9.59 Å². The Bertz CT molecular complexity index is 445. The summed E-state index contributed by atoms with van der Waals surface area (Å²) in [6.07, 6.45) is 0.717. The molecule has 2 N–H and O–H groups in total. The zero-order valence-electron chi connectivity index (χ0n) is 11.9. The predicted octanol–water partition coefficient (Wildman–Crippen LogP) is 2.11. The van der Waals surface area contributed by atoms with E-state index in [1.165, 1.54) is 17.3 Å². The van der Waals surface area contributed by atoms with Crippen molar-refractivity contribution in [2.45, 2.75) is 20.3 Å². The molecule has 0 saturated heterocycles. The molecule has 1 amide bonds. The van der Waals surface area contributed by atoms with E-state index in [4.69, 9.17) is 5.11 Å². The molecule has 5 heteroatoms. The van der Waals surface area contributed by atoms with E-state index in [1.54, 1.807) is 0 Å². The normalized spacial score (nSPS) is 11.9. The fraction of sp³-hybridized carbons (Fsp3) is 0.467. The van der Waals surface area contributed by atoms with Crippen molar-refractivity contribution in [3.63, 3.8) is 0 Å². The van der Waals surface area contributed by atoms with Crippen molar-refractivity contribution in [3.8, 4) is 0 Å². The molecule has 0 aliphatic carbocycles. The van der Waals surface area contributed by atoms with Gasteiger partial charge in [0, 0.05) is 18.2 Å². The van der Waals surface area contributed by atoms with Crippen LogP contribution in [0.15, 0.2) is 24.3 Å². The van der Waals surface area contributed by atoms with Crippen LogP contribution in [0.1, 0.15) is 18.1 Å². The summed E-state index contributed by atoms with van der Waals surface area (Å²) in [6.45, 7) is 4.45. The second-order valence-corrected chi connectivity index (χ2v) is 5.93. The summed E-state index contributed by atoms with van der Waals surface area (Å²) in [5.41, 5.74) is 2.36. The fourth-order valence-electron chi connectivity index (χ4n) is 1.75. The molecule has 110 valence electrons. The van der Waals surface area contributed by atoms with Crippen LogP contribution in [0.2, 0.25) is 0 Å². The van der Waals surface area contributed by atoms with Crippen LogP contribution in [0.3, 0.4) is 0 Å². The zero-order valence-corrected chi connectivity index (χ0v) is 12.7. The number of carbonyl (C=O) groups is 2. The molecule has 0 spiro atoms. The molecular weight excluding hydrogens is 274 g/mol. The van der Waals surface area contributed by atoms with Crippen molar-refractivity contribution in [2.24, 2.45) is 5.92 Å². The number of nitrogens with one attached hydrogen (secondary N) is 1. The summed E-state index contributed by atoms with van der Waals surface area (Å²) in [5.74, 6) is -0.192. The van der Waals surface area contributed by atoms with Gasteiger partial charge in [-0.1, -0.05) is 36.8 Å². The smallest absolute Gasteiger partial charge is 0.313 e. The van der Waals surface area contributed by atoms with E-state index in [2.05, 4.69) is 5.32 Å². The van der Waals surface area contributed by atoms with Crippen LogP contribution < -0.4 is 5.32 Å². The van der Waals surface area contributed by atoms with Crippen molar-refractivity contribution in [2.75, 3.05) is 18.1 Å². The van der Waals surface area contributed by atoms with Crippen molar-refractivity contribution in [3.05, 3.63) is 35.4 Å². The highest BCUT2D eigenvalue weighted by Gasteiger charge is 2.12. The lowest BCUT2D eigenvalue weighted by atomic mass is 9.99. The number of hydrogen-bond acceptors (Lipinski definition) is 3. The van der Waals surface area contributed by atoms with Crippen molar-refractivity contribution >= 4 is 23.6 Å². The highest BCUT2D eigenvalue weighted by atomic mass is 32.2. The SMILES string of the molecule is Cc1ccc(CC(C)C(=O)NCCSCC(=O)O)cc1. The Morgan fingerprint density at radius 2 is 1.95 bits per heavy atom. The van der Waals surface area contributed by atoms with E-state index in [0.29, 0.717) is 18.7 Å². The van der Waals surface area contributed by atoms with Crippen LogP contribution >= 0.6 is 11.8 Å². The molecular formula is C15H21NO3S.